The maximum atomic E-state index is 13.0. The second-order valence-corrected chi connectivity index (χ2v) is 10.6. The molecule has 2 fully saturated rings. The molecule has 2 aliphatic carbocycles. The van der Waals surface area contributed by atoms with E-state index in [1.807, 2.05) is 6.07 Å². The van der Waals surface area contributed by atoms with E-state index < -0.39 is 0 Å². The zero-order valence-electron chi connectivity index (χ0n) is 20.4. The molecule has 2 saturated carbocycles. The first-order valence-corrected chi connectivity index (χ1v) is 12.6. The Morgan fingerprint density at radius 3 is 2.66 bits per heavy atom. The molecule has 1 aromatic carbocycles. The van der Waals surface area contributed by atoms with E-state index in [4.69, 9.17) is 4.98 Å². The van der Waals surface area contributed by atoms with Crippen LogP contribution in [0.1, 0.15) is 61.3 Å². The summed E-state index contributed by atoms with van der Waals surface area (Å²) in [7, 11) is 4.38. The topological polar surface area (TPSA) is 90.1 Å². The zero-order valence-corrected chi connectivity index (χ0v) is 20.4. The first-order valence-electron chi connectivity index (χ1n) is 12.6. The van der Waals surface area contributed by atoms with Gasteiger partial charge >= 0.3 is 0 Å². The highest BCUT2D eigenvalue weighted by Crippen LogP contribution is 2.42. The predicted octanol–water partition coefficient (Wildman–Crippen LogP) is 3.93. The van der Waals surface area contributed by atoms with Gasteiger partial charge in [0.1, 0.15) is 17.3 Å². The zero-order chi connectivity index (χ0) is 24.2. The van der Waals surface area contributed by atoms with E-state index in [2.05, 4.69) is 52.4 Å². The summed E-state index contributed by atoms with van der Waals surface area (Å²) in [4.78, 5) is 27.2. The van der Waals surface area contributed by atoms with Crippen LogP contribution in [-0.4, -0.2) is 50.5 Å². The normalized spacial score (nSPS) is 19.3. The number of benzene rings is 1. The molecule has 35 heavy (non-hydrogen) atoms. The molecule has 0 radical (unpaired) electrons. The Labute approximate surface area is 205 Å². The van der Waals surface area contributed by atoms with Crippen LogP contribution in [-0.2, 0) is 13.1 Å². The van der Waals surface area contributed by atoms with Gasteiger partial charge in [-0.3, -0.25) is 14.3 Å². The van der Waals surface area contributed by atoms with Crippen LogP contribution in [0, 0.1) is 11.3 Å². The number of rotatable bonds is 6. The van der Waals surface area contributed by atoms with E-state index in [0.29, 0.717) is 17.1 Å². The average Bonchev–Trinajstić information content (AvgIpc) is 3.24. The highest BCUT2D eigenvalue weighted by Gasteiger charge is 2.46. The molecular formula is C27H31N7O. The fourth-order valence-electron chi connectivity index (χ4n) is 5.85. The monoisotopic (exact) mass is 469 g/mol. The number of nitriles is 1. The van der Waals surface area contributed by atoms with E-state index in [-0.39, 0.29) is 17.2 Å². The predicted molar refractivity (Wildman–Crippen MR) is 136 cm³/mol. The van der Waals surface area contributed by atoms with Gasteiger partial charge in [0.15, 0.2) is 0 Å². The van der Waals surface area contributed by atoms with Gasteiger partial charge in [-0.05, 0) is 69.1 Å². The molecule has 3 heterocycles. The fourth-order valence-corrected chi connectivity index (χ4v) is 5.85. The summed E-state index contributed by atoms with van der Waals surface area (Å²) in [5, 5.41) is 13.5. The molecule has 8 nitrogen and oxygen atoms in total. The summed E-state index contributed by atoms with van der Waals surface area (Å²) >= 11 is 0. The standard InChI is InChI=1S/C27H31N7O/c1-32(2)27(9-10-27)17-33-15-18-7-8-22(12-21(18)16-33)30-26-29-14-20-11-19(13-28)25(35)34(24(20)31-26)23-5-3-4-6-23/h7-8,11-12,14,23H,3-6,9-10,15-17H2,1-2H3,(H,29,30,31). The van der Waals surface area contributed by atoms with Crippen molar-refractivity contribution in [1.29, 1.82) is 5.26 Å². The minimum Gasteiger partial charge on any atom is -0.324 e. The number of likely N-dealkylation sites (N-methyl/N-ethyl adjacent to an activating group) is 1. The third kappa shape index (κ3) is 3.99. The third-order valence-electron chi connectivity index (χ3n) is 8.13. The Balaban J connectivity index is 1.27. The molecule has 0 spiro atoms. The molecule has 0 unspecified atom stereocenters. The van der Waals surface area contributed by atoms with Crippen LogP contribution in [0.2, 0.25) is 0 Å². The Morgan fingerprint density at radius 2 is 1.94 bits per heavy atom. The molecule has 2 aromatic heterocycles. The van der Waals surface area contributed by atoms with Gasteiger partial charge < -0.3 is 10.2 Å². The molecule has 6 rings (SSSR count). The summed E-state index contributed by atoms with van der Waals surface area (Å²) in [6.07, 6.45) is 8.32. The van der Waals surface area contributed by atoms with Crippen molar-refractivity contribution in [2.24, 2.45) is 0 Å². The SMILES string of the molecule is CN(C)C1(CN2Cc3ccc(Nc4ncc5cc(C#N)c(=O)n(C6CCCC6)c5n4)cc3C2)CC1. The highest BCUT2D eigenvalue weighted by atomic mass is 16.1. The number of nitrogens with zero attached hydrogens (tertiary/aromatic N) is 6. The average molecular weight is 470 g/mol. The van der Waals surface area contributed by atoms with Crippen LogP contribution in [0.25, 0.3) is 11.0 Å². The summed E-state index contributed by atoms with van der Waals surface area (Å²) in [6, 6.07) is 10.2. The molecule has 0 saturated heterocycles. The largest absolute Gasteiger partial charge is 0.324 e. The lowest BCUT2D eigenvalue weighted by Crippen LogP contribution is -2.40. The van der Waals surface area contributed by atoms with Gasteiger partial charge in [0.2, 0.25) is 5.95 Å². The molecular weight excluding hydrogens is 438 g/mol. The van der Waals surface area contributed by atoms with Gasteiger partial charge in [0.25, 0.3) is 5.56 Å². The van der Waals surface area contributed by atoms with E-state index in [0.717, 1.165) is 56.4 Å². The molecule has 0 atom stereocenters. The van der Waals surface area contributed by atoms with Crippen molar-refractivity contribution in [3.05, 3.63) is 57.5 Å². The molecule has 3 aromatic rings. The summed E-state index contributed by atoms with van der Waals surface area (Å²) in [5.41, 5.74) is 4.52. The maximum Gasteiger partial charge on any atom is 0.270 e. The minimum atomic E-state index is -0.250. The summed E-state index contributed by atoms with van der Waals surface area (Å²) in [6.45, 7) is 3.05. The lowest BCUT2D eigenvalue weighted by atomic mass is 10.1. The first kappa shape index (κ1) is 22.2. The lowest BCUT2D eigenvalue weighted by Gasteiger charge is -2.28. The second kappa shape index (κ2) is 8.43. The first-order chi connectivity index (χ1) is 17.0. The van der Waals surface area contributed by atoms with Gasteiger partial charge in [-0.25, -0.2) is 4.98 Å². The maximum absolute atomic E-state index is 13.0. The van der Waals surface area contributed by atoms with Crippen LogP contribution in [0.5, 0.6) is 0 Å². The van der Waals surface area contributed by atoms with Gasteiger partial charge in [0.05, 0.1) is 0 Å². The Morgan fingerprint density at radius 1 is 1.17 bits per heavy atom. The van der Waals surface area contributed by atoms with Crippen LogP contribution >= 0.6 is 0 Å². The number of hydrogen-bond acceptors (Lipinski definition) is 7. The van der Waals surface area contributed by atoms with Crippen molar-refractivity contribution in [2.45, 2.75) is 63.2 Å². The van der Waals surface area contributed by atoms with Crippen LogP contribution in [0.15, 0.2) is 35.3 Å². The van der Waals surface area contributed by atoms with Crippen molar-refractivity contribution in [3.8, 4) is 6.07 Å². The van der Waals surface area contributed by atoms with Crippen LogP contribution in [0.3, 0.4) is 0 Å². The smallest absolute Gasteiger partial charge is 0.270 e. The van der Waals surface area contributed by atoms with Gasteiger partial charge in [0, 0.05) is 48.5 Å². The van der Waals surface area contributed by atoms with Crippen molar-refractivity contribution in [1.82, 2.24) is 24.3 Å². The van der Waals surface area contributed by atoms with E-state index >= 15 is 0 Å². The molecule has 180 valence electrons. The Bertz CT molecular complexity index is 1390. The number of nitrogens with one attached hydrogen (secondary N) is 1. The van der Waals surface area contributed by atoms with Crippen molar-refractivity contribution in [2.75, 3.05) is 26.0 Å². The van der Waals surface area contributed by atoms with Crippen molar-refractivity contribution >= 4 is 22.7 Å². The van der Waals surface area contributed by atoms with Gasteiger partial charge in [-0.2, -0.15) is 10.2 Å². The van der Waals surface area contributed by atoms with Crippen molar-refractivity contribution in [3.63, 3.8) is 0 Å². The van der Waals surface area contributed by atoms with Crippen molar-refractivity contribution < 1.29 is 0 Å². The van der Waals surface area contributed by atoms with Gasteiger partial charge in [-0.15, -0.1) is 0 Å². The van der Waals surface area contributed by atoms with E-state index in [1.54, 1.807) is 16.8 Å². The highest BCUT2D eigenvalue weighted by molar-refractivity contribution is 5.77. The fraction of sp³-hybridized carbons (Fsp3) is 0.481. The van der Waals surface area contributed by atoms with E-state index in [9.17, 15) is 10.1 Å². The lowest BCUT2D eigenvalue weighted by molar-refractivity contribution is 0.167. The van der Waals surface area contributed by atoms with Crippen LogP contribution in [0.4, 0.5) is 11.6 Å². The van der Waals surface area contributed by atoms with Crippen LogP contribution < -0.4 is 10.9 Å². The number of aromatic nitrogens is 3. The number of pyridine rings is 1. The molecule has 3 aliphatic rings. The third-order valence-corrected chi connectivity index (χ3v) is 8.13. The number of hydrogen-bond donors (Lipinski definition) is 1. The molecule has 1 N–H and O–H groups in total. The number of anilines is 2. The molecule has 1 aliphatic heterocycles. The molecule has 0 bridgehead atoms. The minimum absolute atomic E-state index is 0.0870. The van der Waals surface area contributed by atoms with E-state index in [1.165, 1.54) is 24.0 Å². The Kier molecular flexibility index (Phi) is 5.35. The Hall–Kier alpha value is -3.28. The molecule has 0 amide bonds. The summed E-state index contributed by atoms with van der Waals surface area (Å²) in [5.74, 6) is 0.465. The number of fused-ring (bicyclic) bond motifs is 2. The quantitative estimate of drug-likeness (QED) is 0.585. The summed E-state index contributed by atoms with van der Waals surface area (Å²) < 4.78 is 1.73. The van der Waals surface area contributed by atoms with Gasteiger partial charge in [-0.1, -0.05) is 18.9 Å². The second-order valence-electron chi connectivity index (χ2n) is 10.6. The molecule has 8 heteroatoms.